The van der Waals surface area contributed by atoms with Gasteiger partial charge in [0.25, 0.3) is 0 Å². The van der Waals surface area contributed by atoms with Crippen LogP contribution in [-0.2, 0) is 4.79 Å². The van der Waals surface area contributed by atoms with E-state index in [0.717, 1.165) is 64.1 Å². The zero-order valence-corrected chi connectivity index (χ0v) is 16.0. The van der Waals surface area contributed by atoms with Crippen LogP contribution in [0.2, 0.25) is 0 Å². The van der Waals surface area contributed by atoms with Crippen LogP contribution in [0.3, 0.4) is 0 Å². The van der Waals surface area contributed by atoms with Gasteiger partial charge in [0.2, 0.25) is 5.91 Å². The summed E-state index contributed by atoms with van der Waals surface area (Å²) >= 11 is 0. The lowest BCUT2D eigenvalue weighted by Crippen LogP contribution is -2.51. The lowest BCUT2D eigenvalue weighted by atomic mass is 9.77. The number of para-hydroxylation sites is 1. The number of nitrogens with zero attached hydrogens (tertiary/aromatic N) is 2. The van der Waals surface area contributed by atoms with Crippen LogP contribution in [0.4, 0.5) is 10.5 Å². The Balaban J connectivity index is 1.31. The molecule has 0 saturated carbocycles. The van der Waals surface area contributed by atoms with Gasteiger partial charge < -0.3 is 20.4 Å². The molecule has 0 bridgehead atoms. The monoisotopic (exact) mass is 370 g/mol. The molecule has 1 unspecified atom stereocenters. The van der Waals surface area contributed by atoms with E-state index in [2.05, 4.69) is 10.6 Å². The van der Waals surface area contributed by atoms with Gasteiger partial charge in [-0.25, -0.2) is 4.79 Å². The van der Waals surface area contributed by atoms with Crippen LogP contribution >= 0.6 is 0 Å². The highest BCUT2D eigenvalue weighted by atomic mass is 16.2. The van der Waals surface area contributed by atoms with Gasteiger partial charge in [0.15, 0.2) is 0 Å². The second-order valence-corrected chi connectivity index (χ2v) is 8.33. The number of urea groups is 1. The number of hydrogen-bond donors (Lipinski definition) is 2. The Bertz CT molecular complexity index is 662. The van der Waals surface area contributed by atoms with Gasteiger partial charge in [0, 0.05) is 38.4 Å². The second-order valence-electron chi connectivity index (χ2n) is 8.33. The van der Waals surface area contributed by atoms with Gasteiger partial charge in [-0.1, -0.05) is 18.2 Å². The number of carbonyl (C=O) groups is 2. The number of carbonyl (C=O) groups excluding carboxylic acids is 2. The number of anilines is 1. The van der Waals surface area contributed by atoms with Gasteiger partial charge in [-0.2, -0.15) is 0 Å². The summed E-state index contributed by atoms with van der Waals surface area (Å²) in [6.07, 6.45) is 5.23. The molecule has 1 atom stereocenters. The van der Waals surface area contributed by atoms with E-state index in [1.165, 1.54) is 6.42 Å². The Kier molecular flexibility index (Phi) is 5.34. The number of benzene rings is 1. The van der Waals surface area contributed by atoms with Crippen molar-refractivity contribution in [3.8, 4) is 0 Å². The van der Waals surface area contributed by atoms with Crippen LogP contribution in [0.5, 0.6) is 0 Å². The maximum Gasteiger partial charge on any atom is 0.321 e. The zero-order valence-electron chi connectivity index (χ0n) is 16.0. The topological polar surface area (TPSA) is 64.7 Å². The van der Waals surface area contributed by atoms with Gasteiger partial charge in [-0.15, -0.1) is 0 Å². The quantitative estimate of drug-likeness (QED) is 0.841. The third-order valence-corrected chi connectivity index (χ3v) is 6.55. The van der Waals surface area contributed by atoms with E-state index in [9.17, 15) is 9.59 Å². The molecule has 1 spiro atoms. The fourth-order valence-corrected chi connectivity index (χ4v) is 4.77. The molecule has 3 saturated heterocycles. The van der Waals surface area contributed by atoms with Crippen LogP contribution in [-0.4, -0.2) is 61.0 Å². The van der Waals surface area contributed by atoms with Crippen molar-refractivity contribution in [3.05, 3.63) is 30.3 Å². The van der Waals surface area contributed by atoms with Crippen molar-refractivity contribution in [3.63, 3.8) is 0 Å². The fraction of sp³-hybridized carbons (Fsp3) is 0.619. The third-order valence-electron chi connectivity index (χ3n) is 6.55. The lowest BCUT2D eigenvalue weighted by Gasteiger charge is -2.41. The summed E-state index contributed by atoms with van der Waals surface area (Å²) in [4.78, 5) is 29.4. The first kappa shape index (κ1) is 18.3. The Morgan fingerprint density at radius 2 is 1.81 bits per heavy atom. The van der Waals surface area contributed by atoms with E-state index in [0.29, 0.717) is 12.0 Å². The number of likely N-dealkylation sites (tertiary alicyclic amines) is 2. The first-order chi connectivity index (χ1) is 13.2. The average molecular weight is 370 g/mol. The molecule has 6 heteroatoms. The summed E-state index contributed by atoms with van der Waals surface area (Å²) in [7, 11) is 0. The van der Waals surface area contributed by atoms with E-state index in [4.69, 9.17) is 0 Å². The summed E-state index contributed by atoms with van der Waals surface area (Å²) in [5.74, 6) is 0.184. The van der Waals surface area contributed by atoms with Crippen LogP contribution < -0.4 is 10.6 Å². The van der Waals surface area contributed by atoms with Crippen LogP contribution in [0.15, 0.2) is 30.3 Å². The summed E-state index contributed by atoms with van der Waals surface area (Å²) < 4.78 is 0. The molecule has 146 valence electrons. The Labute approximate surface area is 161 Å². The second kappa shape index (κ2) is 7.89. The zero-order chi connectivity index (χ0) is 18.7. The lowest BCUT2D eigenvalue weighted by molar-refractivity contribution is -0.139. The molecule has 3 heterocycles. The molecule has 1 aromatic rings. The summed E-state index contributed by atoms with van der Waals surface area (Å²) in [5.41, 5.74) is 1.22. The summed E-state index contributed by atoms with van der Waals surface area (Å²) in [6, 6.07) is 9.39. The van der Waals surface area contributed by atoms with Crippen molar-refractivity contribution in [2.75, 3.05) is 44.6 Å². The minimum atomic E-state index is -0.103. The van der Waals surface area contributed by atoms with Gasteiger partial charge in [0.05, 0.1) is 5.92 Å². The van der Waals surface area contributed by atoms with Crippen molar-refractivity contribution in [2.24, 2.45) is 11.3 Å². The number of piperidine rings is 2. The van der Waals surface area contributed by atoms with E-state index in [1.807, 2.05) is 35.2 Å². The van der Waals surface area contributed by atoms with Crippen molar-refractivity contribution < 1.29 is 9.59 Å². The molecular weight excluding hydrogens is 340 g/mol. The molecule has 4 rings (SSSR count). The highest BCUT2D eigenvalue weighted by Crippen LogP contribution is 2.37. The molecule has 3 fully saturated rings. The molecule has 0 aromatic heterocycles. The SMILES string of the molecule is O=C(Nc1ccccc1)N1CCCC(C(=O)N2CCC3(CCNC3)CC2)C1. The average Bonchev–Trinajstić information content (AvgIpc) is 3.17. The highest BCUT2D eigenvalue weighted by molar-refractivity contribution is 5.90. The van der Waals surface area contributed by atoms with Gasteiger partial charge in [-0.05, 0) is 56.2 Å². The normalized spacial score (nSPS) is 24.8. The first-order valence-corrected chi connectivity index (χ1v) is 10.3. The largest absolute Gasteiger partial charge is 0.342 e. The number of amides is 3. The molecule has 3 aliphatic heterocycles. The molecular formula is C21H30N4O2. The van der Waals surface area contributed by atoms with Crippen LogP contribution in [0.1, 0.15) is 32.1 Å². The molecule has 0 radical (unpaired) electrons. The van der Waals surface area contributed by atoms with Crippen molar-refractivity contribution in [2.45, 2.75) is 32.1 Å². The fourth-order valence-electron chi connectivity index (χ4n) is 4.77. The third kappa shape index (κ3) is 4.10. The number of rotatable bonds is 2. The van der Waals surface area contributed by atoms with Crippen LogP contribution in [0, 0.1) is 11.3 Å². The van der Waals surface area contributed by atoms with Crippen molar-refractivity contribution in [1.29, 1.82) is 0 Å². The number of nitrogens with one attached hydrogen (secondary N) is 2. The van der Waals surface area contributed by atoms with Gasteiger partial charge >= 0.3 is 6.03 Å². The Morgan fingerprint density at radius 1 is 1.04 bits per heavy atom. The summed E-state index contributed by atoms with van der Waals surface area (Å²) in [5, 5.41) is 6.41. The highest BCUT2D eigenvalue weighted by Gasteiger charge is 2.40. The molecule has 27 heavy (non-hydrogen) atoms. The molecule has 2 N–H and O–H groups in total. The maximum absolute atomic E-state index is 13.0. The minimum absolute atomic E-state index is 0.0592. The smallest absolute Gasteiger partial charge is 0.321 e. The maximum atomic E-state index is 13.0. The molecule has 0 aliphatic carbocycles. The Morgan fingerprint density at radius 3 is 2.52 bits per heavy atom. The van der Waals surface area contributed by atoms with Gasteiger partial charge in [0.1, 0.15) is 0 Å². The van der Waals surface area contributed by atoms with Crippen LogP contribution in [0.25, 0.3) is 0 Å². The van der Waals surface area contributed by atoms with Crippen molar-refractivity contribution in [1.82, 2.24) is 15.1 Å². The summed E-state index contributed by atoms with van der Waals surface area (Å²) in [6.45, 7) is 5.20. The van der Waals surface area contributed by atoms with E-state index in [-0.39, 0.29) is 17.9 Å². The first-order valence-electron chi connectivity index (χ1n) is 10.3. The van der Waals surface area contributed by atoms with Gasteiger partial charge in [-0.3, -0.25) is 4.79 Å². The molecule has 1 aromatic carbocycles. The predicted octanol–water partition coefficient (Wildman–Crippen LogP) is 2.53. The number of hydrogen-bond acceptors (Lipinski definition) is 3. The van der Waals surface area contributed by atoms with E-state index < -0.39 is 0 Å². The molecule has 6 nitrogen and oxygen atoms in total. The Hall–Kier alpha value is -2.08. The van der Waals surface area contributed by atoms with E-state index >= 15 is 0 Å². The minimum Gasteiger partial charge on any atom is -0.342 e. The van der Waals surface area contributed by atoms with E-state index in [1.54, 1.807) is 4.90 Å². The standard InChI is InChI=1S/C21H30N4O2/c26-19(24-13-9-21(10-14-24)8-11-22-16-21)17-5-4-12-25(15-17)20(27)23-18-6-2-1-3-7-18/h1-3,6-7,17,22H,4-5,8-16H2,(H,23,27). The predicted molar refractivity (Wildman–Crippen MR) is 105 cm³/mol. The molecule has 3 aliphatic rings. The molecule has 3 amide bonds. The van der Waals surface area contributed by atoms with Crippen molar-refractivity contribution >= 4 is 17.6 Å².